The lowest BCUT2D eigenvalue weighted by Gasteiger charge is -1.82. The highest BCUT2D eigenvalue weighted by molar-refractivity contribution is 7.75. The molecule has 46 valence electrons. The highest BCUT2D eigenvalue weighted by Crippen LogP contribution is 2.36. The first-order valence-electron chi connectivity index (χ1n) is 1.92. The zero-order valence-electron chi connectivity index (χ0n) is 3.66. The lowest BCUT2D eigenvalue weighted by molar-refractivity contribution is 0.0850. The van der Waals surface area contributed by atoms with Gasteiger partial charge in [0, 0.05) is 0 Å². The molecule has 1 atom stereocenters. The van der Waals surface area contributed by atoms with E-state index in [9.17, 15) is 4.21 Å². The van der Waals surface area contributed by atoms with Crippen LogP contribution in [-0.4, -0.2) is 16.8 Å². The number of rotatable bonds is 0. The minimum atomic E-state index is -1.68. The number of hydrogen-bond acceptors (Lipinski definition) is 5. The van der Waals surface area contributed by atoms with Crippen LogP contribution in [0.5, 0.6) is 0 Å². The molecule has 0 amide bonds. The van der Waals surface area contributed by atoms with Crippen molar-refractivity contribution in [3.05, 3.63) is 0 Å². The van der Waals surface area contributed by atoms with Crippen LogP contribution >= 0.6 is 0 Å². The fraction of sp³-hybridized carbons (Fsp3) is 1.00. The second-order valence-corrected chi connectivity index (χ2v) is 2.21. The zero-order chi connectivity index (χ0) is 5.61. The van der Waals surface area contributed by atoms with E-state index in [1.165, 1.54) is 0 Å². The molecular formula is C2H2O5S. The predicted octanol–water partition coefficient (Wildman–Crippen LogP) is -0.772. The van der Waals surface area contributed by atoms with Crippen LogP contribution in [0.4, 0.5) is 0 Å². The predicted molar refractivity (Wildman–Crippen MR) is 20.1 cm³/mol. The summed E-state index contributed by atoms with van der Waals surface area (Å²) in [5.74, 6) is -1.11. The molecule has 0 aromatic rings. The van der Waals surface area contributed by atoms with Gasteiger partial charge in [-0.3, -0.25) is 4.18 Å². The van der Waals surface area contributed by atoms with Gasteiger partial charge >= 0.3 is 17.3 Å². The molecular weight excluding hydrogens is 136 g/mol. The SMILES string of the molecule is O=S1OCC2(OO2)O1. The van der Waals surface area contributed by atoms with E-state index in [-0.39, 0.29) is 6.61 Å². The molecule has 0 aromatic heterocycles. The summed E-state index contributed by atoms with van der Waals surface area (Å²) in [6.45, 7) is 0.0829. The summed E-state index contributed by atoms with van der Waals surface area (Å²) in [7, 11) is 0. The van der Waals surface area contributed by atoms with Crippen molar-refractivity contribution in [2.24, 2.45) is 0 Å². The molecule has 1 spiro atoms. The summed E-state index contributed by atoms with van der Waals surface area (Å²) >= 11 is -1.68. The van der Waals surface area contributed by atoms with Gasteiger partial charge in [-0.1, -0.05) is 0 Å². The van der Waals surface area contributed by atoms with Crippen LogP contribution in [0.25, 0.3) is 0 Å². The Morgan fingerprint density at radius 1 is 1.50 bits per heavy atom. The molecule has 0 aromatic carbocycles. The lowest BCUT2D eigenvalue weighted by Crippen LogP contribution is -2.10. The molecule has 0 bridgehead atoms. The Morgan fingerprint density at radius 2 is 2.25 bits per heavy atom. The molecule has 8 heavy (non-hydrogen) atoms. The average Bonchev–Trinajstić information content (AvgIpc) is 2.34. The maximum atomic E-state index is 10.2. The fourth-order valence-electron chi connectivity index (χ4n) is 0.394. The molecule has 2 rings (SSSR count). The van der Waals surface area contributed by atoms with Gasteiger partial charge in [0.2, 0.25) is 0 Å². The smallest absolute Gasteiger partial charge is 0.260 e. The zero-order valence-corrected chi connectivity index (χ0v) is 4.47. The van der Waals surface area contributed by atoms with Gasteiger partial charge in [0.1, 0.15) is 0 Å². The van der Waals surface area contributed by atoms with Gasteiger partial charge < -0.3 is 0 Å². The van der Waals surface area contributed by atoms with Crippen LogP contribution < -0.4 is 0 Å². The van der Waals surface area contributed by atoms with Gasteiger partial charge in [0.25, 0.3) is 0 Å². The van der Waals surface area contributed by atoms with Gasteiger partial charge in [0.15, 0.2) is 6.61 Å². The Balaban J connectivity index is 2.13. The monoisotopic (exact) mass is 138 g/mol. The molecule has 0 radical (unpaired) electrons. The van der Waals surface area contributed by atoms with Gasteiger partial charge in [-0.25, -0.2) is 4.18 Å². The second-order valence-electron chi connectivity index (χ2n) is 1.40. The quantitative estimate of drug-likeness (QED) is 0.325. The molecule has 0 aliphatic carbocycles. The van der Waals surface area contributed by atoms with Crippen LogP contribution in [0.1, 0.15) is 0 Å². The molecule has 0 N–H and O–H groups in total. The standard InChI is InChI=1S/C2H2O5S/c3-8-4-1-2(7-8)5-6-2/h1H2. The summed E-state index contributed by atoms with van der Waals surface area (Å²) in [4.78, 5) is 8.57. The van der Waals surface area contributed by atoms with Gasteiger partial charge in [-0.2, -0.15) is 14.0 Å². The van der Waals surface area contributed by atoms with E-state index in [1.54, 1.807) is 0 Å². The molecule has 1 unspecified atom stereocenters. The van der Waals surface area contributed by atoms with E-state index >= 15 is 0 Å². The van der Waals surface area contributed by atoms with Crippen LogP contribution in [0.2, 0.25) is 0 Å². The fourth-order valence-corrected chi connectivity index (χ4v) is 0.994. The Labute approximate surface area is 47.3 Å². The van der Waals surface area contributed by atoms with Crippen molar-refractivity contribution in [1.82, 2.24) is 0 Å². The normalized spacial score (nSPS) is 40.8. The first kappa shape index (κ1) is 4.83. The highest BCUT2D eigenvalue weighted by Gasteiger charge is 2.58. The lowest BCUT2D eigenvalue weighted by atomic mass is 10.7. The summed E-state index contributed by atoms with van der Waals surface area (Å²) < 4.78 is 19.1. The molecule has 2 fully saturated rings. The van der Waals surface area contributed by atoms with E-state index < -0.39 is 17.3 Å². The van der Waals surface area contributed by atoms with Crippen molar-refractivity contribution < 1.29 is 22.4 Å². The average molecular weight is 138 g/mol. The third-order valence-corrected chi connectivity index (χ3v) is 1.50. The maximum absolute atomic E-state index is 10.2. The van der Waals surface area contributed by atoms with E-state index in [0.717, 1.165) is 0 Å². The van der Waals surface area contributed by atoms with Gasteiger partial charge in [0.05, 0.1) is 0 Å². The summed E-state index contributed by atoms with van der Waals surface area (Å²) in [5.41, 5.74) is 0. The molecule has 5 nitrogen and oxygen atoms in total. The maximum Gasteiger partial charge on any atom is 0.378 e. The molecule has 6 heteroatoms. The summed E-state index contributed by atoms with van der Waals surface area (Å²) in [6.07, 6.45) is 0. The van der Waals surface area contributed by atoms with Crippen molar-refractivity contribution in [3.8, 4) is 0 Å². The van der Waals surface area contributed by atoms with Crippen LogP contribution in [0, 0.1) is 0 Å². The molecule has 2 aliphatic heterocycles. The van der Waals surface area contributed by atoms with E-state index in [2.05, 4.69) is 18.1 Å². The van der Waals surface area contributed by atoms with Crippen LogP contribution in [0.15, 0.2) is 0 Å². The first-order chi connectivity index (χ1) is 3.81. The Hall–Kier alpha value is -0.0100. The number of hydrogen-bond donors (Lipinski definition) is 0. The summed E-state index contributed by atoms with van der Waals surface area (Å²) in [5, 5.41) is 0. The largest absolute Gasteiger partial charge is 0.378 e. The molecule has 2 heterocycles. The van der Waals surface area contributed by atoms with Crippen molar-refractivity contribution in [2.45, 2.75) is 5.97 Å². The van der Waals surface area contributed by atoms with Crippen molar-refractivity contribution in [3.63, 3.8) is 0 Å². The molecule has 0 saturated carbocycles. The minimum absolute atomic E-state index is 0.0829. The van der Waals surface area contributed by atoms with Gasteiger partial charge in [-0.15, -0.1) is 0 Å². The molecule has 2 saturated heterocycles. The first-order valence-corrected chi connectivity index (χ1v) is 2.92. The Kier molecular flexibility index (Phi) is 0.774. The van der Waals surface area contributed by atoms with Crippen LogP contribution in [0.3, 0.4) is 0 Å². The Morgan fingerprint density at radius 3 is 2.50 bits per heavy atom. The van der Waals surface area contributed by atoms with Gasteiger partial charge in [-0.05, 0) is 0 Å². The van der Waals surface area contributed by atoms with Crippen LogP contribution in [-0.2, 0) is 29.5 Å². The second kappa shape index (κ2) is 1.28. The third-order valence-electron chi connectivity index (χ3n) is 0.796. The molecule has 2 aliphatic rings. The topological polar surface area (TPSA) is 60.6 Å². The minimum Gasteiger partial charge on any atom is -0.260 e. The van der Waals surface area contributed by atoms with Crippen molar-refractivity contribution in [1.29, 1.82) is 0 Å². The third kappa shape index (κ3) is 0.583. The highest BCUT2D eigenvalue weighted by atomic mass is 32.2. The van der Waals surface area contributed by atoms with Crippen molar-refractivity contribution in [2.75, 3.05) is 6.61 Å². The van der Waals surface area contributed by atoms with E-state index in [0.29, 0.717) is 0 Å². The Bertz CT molecular complexity index is 139. The van der Waals surface area contributed by atoms with E-state index in [4.69, 9.17) is 0 Å². The van der Waals surface area contributed by atoms with E-state index in [1.807, 2.05) is 0 Å². The summed E-state index contributed by atoms with van der Waals surface area (Å²) in [6, 6.07) is 0. The van der Waals surface area contributed by atoms with Crippen molar-refractivity contribution >= 4 is 11.4 Å².